The van der Waals surface area contributed by atoms with Gasteiger partial charge in [-0.2, -0.15) is 13.2 Å². The zero-order valence-electron chi connectivity index (χ0n) is 8.36. The quantitative estimate of drug-likeness (QED) is 0.759. The Morgan fingerprint density at radius 3 is 2.47 bits per heavy atom. The average molecular weight is 241 g/mol. The summed E-state index contributed by atoms with van der Waals surface area (Å²) >= 11 is 0. The summed E-state index contributed by atoms with van der Waals surface area (Å²) in [7, 11) is 0. The molecule has 0 spiro atoms. The highest BCUT2D eigenvalue weighted by molar-refractivity contribution is 6.07. The molecule has 0 atom stereocenters. The van der Waals surface area contributed by atoms with Crippen LogP contribution in [0, 0.1) is 0 Å². The topological polar surface area (TPSA) is 43.1 Å². The van der Waals surface area contributed by atoms with Crippen LogP contribution in [0.25, 0.3) is 0 Å². The summed E-state index contributed by atoms with van der Waals surface area (Å²) in [4.78, 5) is 15.2. The Labute approximate surface area is 93.9 Å². The maximum absolute atomic E-state index is 12.3. The van der Waals surface area contributed by atoms with Crippen LogP contribution in [-0.4, -0.2) is 10.8 Å². The van der Waals surface area contributed by atoms with E-state index in [-0.39, 0.29) is 11.3 Å². The van der Waals surface area contributed by atoms with E-state index in [0.29, 0.717) is 6.20 Å². The van der Waals surface area contributed by atoms with E-state index in [1.54, 1.807) is 0 Å². The third kappa shape index (κ3) is 2.35. The van der Waals surface area contributed by atoms with Crippen molar-refractivity contribution in [2.24, 2.45) is 0 Å². The van der Waals surface area contributed by atoms with E-state index >= 15 is 0 Å². The maximum atomic E-state index is 12.3. The molecule has 17 heavy (non-hydrogen) atoms. The number of hydrogen-bond acceptors (Lipinski definition) is 3. The molecule has 2 heterocycles. The van der Waals surface area contributed by atoms with Crippen LogP contribution in [-0.2, 0) is 6.18 Å². The molecule has 0 fully saturated rings. The van der Waals surface area contributed by atoms with E-state index in [1.165, 1.54) is 18.6 Å². The molecule has 2 aromatic heterocycles. The second-order valence-corrected chi connectivity index (χ2v) is 3.27. The van der Waals surface area contributed by atoms with Gasteiger partial charge in [0.2, 0.25) is 5.78 Å². The second-order valence-electron chi connectivity index (χ2n) is 3.27. The molecule has 6 heteroatoms. The number of nitrogens with zero attached hydrogens (tertiary/aromatic N) is 1. The Morgan fingerprint density at radius 2 is 2.00 bits per heavy atom. The number of rotatable bonds is 2. The van der Waals surface area contributed by atoms with Crippen LogP contribution in [0.1, 0.15) is 21.6 Å². The molecule has 2 rings (SSSR count). The summed E-state index contributed by atoms with van der Waals surface area (Å²) in [6.07, 6.45) is -1.31. The Bertz CT molecular complexity index is 515. The number of carbonyl (C=O) groups is 1. The predicted molar refractivity (Wildman–Crippen MR) is 51.4 cm³/mol. The third-order valence-corrected chi connectivity index (χ3v) is 2.11. The molecule has 0 bridgehead atoms. The zero-order chi connectivity index (χ0) is 12.5. The molecule has 0 aliphatic rings. The highest BCUT2D eigenvalue weighted by Crippen LogP contribution is 2.28. The predicted octanol–water partition coefficient (Wildman–Crippen LogP) is 2.92. The number of hydrogen-bond donors (Lipinski definition) is 0. The fourth-order valence-corrected chi connectivity index (χ4v) is 1.24. The number of alkyl halides is 3. The summed E-state index contributed by atoms with van der Waals surface area (Å²) in [5, 5.41) is 0. The van der Waals surface area contributed by atoms with E-state index in [9.17, 15) is 18.0 Å². The molecule has 0 aliphatic carbocycles. The van der Waals surface area contributed by atoms with Crippen LogP contribution >= 0.6 is 0 Å². The van der Waals surface area contributed by atoms with E-state index in [1.807, 2.05) is 0 Å². The highest BCUT2D eigenvalue weighted by atomic mass is 19.4. The standard InChI is InChI=1S/C11H6F3NO2/c12-11(13,14)8-1-2-9(15-5-8)10(16)7-3-4-17-6-7/h1-6H. The first-order chi connectivity index (χ1) is 7.98. The molecule has 0 radical (unpaired) electrons. The minimum Gasteiger partial charge on any atom is -0.472 e. The van der Waals surface area contributed by atoms with Crippen LogP contribution in [0.5, 0.6) is 0 Å². The van der Waals surface area contributed by atoms with Crippen LogP contribution in [0.4, 0.5) is 13.2 Å². The molecular formula is C11H6F3NO2. The minimum absolute atomic E-state index is 0.0561. The Kier molecular flexibility index (Phi) is 2.71. The second kappa shape index (κ2) is 4.04. The fourth-order valence-electron chi connectivity index (χ4n) is 1.24. The third-order valence-electron chi connectivity index (χ3n) is 2.11. The Balaban J connectivity index is 2.28. The lowest BCUT2D eigenvalue weighted by atomic mass is 10.1. The van der Waals surface area contributed by atoms with Crippen molar-refractivity contribution in [3.8, 4) is 0 Å². The summed E-state index contributed by atoms with van der Waals surface area (Å²) in [5.41, 5.74) is -0.696. The Hall–Kier alpha value is -2.11. The average Bonchev–Trinajstić information content (AvgIpc) is 2.80. The smallest absolute Gasteiger partial charge is 0.417 e. The van der Waals surface area contributed by atoms with Crippen LogP contribution in [0.2, 0.25) is 0 Å². The van der Waals surface area contributed by atoms with E-state index in [0.717, 1.165) is 12.1 Å². The van der Waals surface area contributed by atoms with Gasteiger partial charge in [-0.25, -0.2) is 0 Å². The van der Waals surface area contributed by atoms with Crippen molar-refractivity contribution in [3.63, 3.8) is 0 Å². The monoisotopic (exact) mass is 241 g/mol. The molecule has 0 unspecified atom stereocenters. The number of ketones is 1. The molecule has 0 saturated carbocycles. The van der Waals surface area contributed by atoms with Crippen LogP contribution in [0.15, 0.2) is 41.3 Å². The van der Waals surface area contributed by atoms with Crippen molar-refractivity contribution >= 4 is 5.78 Å². The van der Waals surface area contributed by atoms with Crippen molar-refractivity contribution in [2.75, 3.05) is 0 Å². The van der Waals surface area contributed by atoms with Crippen molar-refractivity contribution in [1.29, 1.82) is 0 Å². The van der Waals surface area contributed by atoms with Gasteiger partial charge in [0.05, 0.1) is 17.4 Å². The molecule has 88 valence electrons. The van der Waals surface area contributed by atoms with Gasteiger partial charge in [-0.3, -0.25) is 9.78 Å². The van der Waals surface area contributed by atoms with Gasteiger partial charge in [0.1, 0.15) is 12.0 Å². The molecule has 3 nitrogen and oxygen atoms in total. The normalized spacial score (nSPS) is 11.5. The van der Waals surface area contributed by atoms with Crippen molar-refractivity contribution in [1.82, 2.24) is 4.98 Å². The van der Waals surface area contributed by atoms with Gasteiger partial charge in [-0.05, 0) is 18.2 Å². The van der Waals surface area contributed by atoms with E-state index < -0.39 is 17.5 Å². The van der Waals surface area contributed by atoms with Gasteiger partial charge in [-0.15, -0.1) is 0 Å². The molecular weight excluding hydrogens is 235 g/mol. The van der Waals surface area contributed by atoms with Crippen LogP contribution in [0.3, 0.4) is 0 Å². The highest BCUT2D eigenvalue weighted by Gasteiger charge is 2.30. The van der Waals surface area contributed by atoms with Crippen LogP contribution < -0.4 is 0 Å². The van der Waals surface area contributed by atoms with E-state index in [4.69, 9.17) is 4.42 Å². The maximum Gasteiger partial charge on any atom is 0.417 e. The first kappa shape index (κ1) is 11.4. The largest absolute Gasteiger partial charge is 0.472 e. The number of pyridine rings is 1. The number of carbonyl (C=O) groups excluding carboxylic acids is 1. The SMILES string of the molecule is O=C(c1ccoc1)c1ccc(C(F)(F)F)cn1. The molecule has 0 saturated heterocycles. The molecule has 0 amide bonds. The molecule has 0 N–H and O–H groups in total. The van der Waals surface area contributed by atoms with Gasteiger partial charge in [0.15, 0.2) is 0 Å². The molecule has 2 aromatic rings. The first-order valence-corrected chi connectivity index (χ1v) is 4.58. The van der Waals surface area contributed by atoms with Gasteiger partial charge < -0.3 is 4.42 Å². The summed E-state index contributed by atoms with van der Waals surface area (Å²) in [6.45, 7) is 0. The number of aromatic nitrogens is 1. The Morgan fingerprint density at radius 1 is 1.24 bits per heavy atom. The lowest BCUT2D eigenvalue weighted by Crippen LogP contribution is -2.08. The van der Waals surface area contributed by atoms with Gasteiger partial charge in [0.25, 0.3) is 0 Å². The summed E-state index contributed by atoms with van der Waals surface area (Å²) < 4.78 is 41.5. The van der Waals surface area contributed by atoms with E-state index in [2.05, 4.69) is 4.98 Å². The zero-order valence-corrected chi connectivity index (χ0v) is 8.36. The summed E-state index contributed by atoms with van der Waals surface area (Å²) in [6, 6.07) is 3.28. The summed E-state index contributed by atoms with van der Waals surface area (Å²) in [5.74, 6) is -0.479. The minimum atomic E-state index is -4.45. The van der Waals surface area contributed by atoms with Gasteiger partial charge in [0, 0.05) is 6.20 Å². The van der Waals surface area contributed by atoms with Crippen molar-refractivity contribution in [3.05, 3.63) is 53.7 Å². The van der Waals surface area contributed by atoms with Crippen molar-refractivity contribution in [2.45, 2.75) is 6.18 Å². The fraction of sp³-hybridized carbons (Fsp3) is 0.0909. The first-order valence-electron chi connectivity index (χ1n) is 4.58. The van der Waals surface area contributed by atoms with Crippen molar-refractivity contribution < 1.29 is 22.4 Å². The molecule has 0 aromatic carbocycles. The number of furan rings is 1. The van der Waals surface area contributed by atoms with Gasteiger partial charge >= 0.3 is 6.18 Å². The molecule has 0 aliphatic heterocycles. The lowest BCUT2D eigenvalue weighted by Gasteiger charge is -2.05. The number of halogens is 3. The lowest BCUT2D eigenvalue weighted by molar-refractivity contribution is -0.137. The van der Waals surface area contributed by atoms with Gasteiger partial charge in [-0.1, -0.05) is 0 Å².